The van der Waals surface area contributed by atoms with Crippen molar-refractivity contribution < 1.29 is 4.74 Å². The molecule has 2 heteroatoms. The number of para-hydroxylation sites is 2. The summed E-state index contributed by atoms with van der Waals surface area (Å²) in [5.74, 6) is 1.03. The van der Waals surface area contributed by atoms with Crippen LogP contribution in [0.5, 0.6) is 5.75 Å². The maximum Gasteiger partial charge on any atom is 0.169 e. The van der Waals surface area contributed by atoms with Gasteiger partial charge in [-0.25, -0.2) is 0 Å². The van der Waals surface area contributed by atoms with Crippen LogP contribution < -0.4 is 9.64 Å². The molecular formula is C25H37NO. The first kappa shape index (κ1) is 21.3. The Morgan fingerprint density at radius 1 is 0.778 bits per heavy atom. The highest BCUT2D eigenvalue weighted by molar-refractivity contribution is 5.46. The normalized spacial score (nSPS) is 12.0. The van der Waals surface area contributed by atoms with E-state index >= 15 is 0 Å². The van der Waals surface area contributed by atoms with Gasteiger partial charge >= 0.3 is 0 Å². The van der Waals surface area contributed by atoms with Crippen LogP contribution in [0.25, 0.3) is 0 Å². The molecule has 0 aliphatic heterocycles. The van der Waals surface area contributed by atoms with Gasteiger partial charge in [-0.2, -0.15) is 0 Å². The molecule has 2 rings (SSSR count). The van der Waals surface area contributed by atoms with E-state index in [1.54, 1.807) is 0 Å². The molecule has 148 valence electrons. The molecule has 0 radical (unpaired) electrons. The van der Waals surface area contributed by atoms with Gasteiger partial charge in [0.25, 0.3) is 0 Å². The maximum atomic E-state index is 6.39. The van der Waals surface area contributed by atoms with Crippen molar-refractivity contribution in [1.82, 2.24) is 0 Å². The standard InChI is InChI=1S/C25H37NO/c1-4-6-7-8-9-10-12-17-23-18-15-16-21-25(23)27-22(3)26(5-2)24-19-13-11-14-20-24/h11,13-16,18-22H,4-10,12,17H2,1-3H3. The summed E-state index contributed by atoms with van der Waals surface area (Å²) >= 11 is 0. The largest absolute Gasteiger partial charge is 0.471 e. The Morgan fingerprint density at radius 3 is 2.11 bits per heavy atom. The third-order valence-electron chi connectivity index (χ3n) is 5.19. The molecule has 0 saturated carbocycles. The van der Waals surface area contributed by atoms with Crippen molar-refractivity contribution in [3.8, 4) is 5.75 Å². The van der Waals surface area contributed by atoms with E-state index in [2.05, 4.69) is 80.3 Å². The molecule has 0 N–H and O–H groups in total. The molecule has 0 saturated heterocycles. The number of anilines is 1. The molecule has 2 nitrogen and oxygen atoms in total. The molecule has 1 atom stereocenters. The number of aryl methyl sites for hydroxylation is 1. The van der Waals surface area contributed by atoms with Gasteiger partial charge in [0.15, 0.2) is 6.23 Å². The average Bonchev–Trinajstić information content (AvgIpc) is 2.70. The first-order valence-corrected chi connectivity index (χ1v) is 10.8. The molecule has 2 aromatic rings. The average molecular weight is 368 g/mol. The van der Waals surface area contributed by atoms with Crippen LogP contribution in [0.4, 0.5) is 5.69 Å². The topological polar surface area (TPSA) is 12.5 Å². The summed E-state index contributed by atoms with van der Waals surface area (Å²) in [6.07, 6.45) is 10.5. The second-order valence-electron chi connectivity index (χ2n) is 7.32. The van der Waals surface area contributed by atoms with Crippen LogP contribution in [-0.2, 0) is 6.42 Å². The van der Waals surface area contributed by atoms with E-state index in [1.807, 2.05) is 0 Å². The van der Waals surface area contributed by atoms with E-state index in [1.165, 1.54) is 56.2 Å². The monoisotopic (exact) mass is 367 g/mol. The lowest BCUT2D eigenvalue weighted by molar-refractivity contribution is 0.214. The lowest BCUT2D eigenvalue weighted by Gasteiger charge is -2.31. The molecular weight excluding hydrogens is 330 g/mol. The summed E-state index contributed by atoms with van der Waals surface area (Å²) in [4.78, 5) is 2.30. The van der Waals surface area contributed by atoms with Gasteiger partial charge in [0.2, 0.25) is 0 Å². The predicted octanol–water partition coefficient (Wildman–Crippen LogP) is 7.23. The van der Waals surface area contributed by atoms with Gasteiger partial charge in [0, 0.05) is 12.2 Å². The Hall–Kier alpha value is -1.96. The van der Waals surface area contributed by atoms with Crippen molar-refractivity contribution >= 4 is 5.69 Å². The number of ether oxygens (including phenoxy) is 1. The van der Waals surface area contributed by atoms with Crippen molar-refractivity contribution in [2.75, 3.05) is 11.4 Å². The molecule has 27 heavy (non-hydrogen) atoms. The quantitative estimate of drug-likeness (QED) is 0.273. The Bertz CT molecular complexity index is 625. The smallest absolute Gasteiger partial charge is 0.169 e. The molecule has 0 aliphatic carbocycles. The maximum absolute atomic E-state index is 6.39. The van der Waals surface area contributed by atoms with Crippen LogP contribution >= 0.6 is 0 Å². The van der Waals surface area contributed by atoms with E-state index in [4.69, 9.17) is 4.74 Å². The number of hydrogen-bond acceptors (Lipinski definition) is 2. The van der Waals surface area contributed by atoms with Gasteiger partial charge in [-0.05, 0) is 50.5 Å². The summed E-state index contributed by atoms with van der Waals surface area (Å²) in [6, 6.07) is 19.1. The molecule has 0 amide bonds. The zero-order chi connectivity index (χ0) is 19.3. The number of nitrogens with zero attached hydrogens (tertiary/aromatic N) is 1. The van der Waals surface area contributed by atoms with Crippen LogP contribution in [0.15, 0.2) is 54.6 Å². The summed E-state index contributed by atoms with van der Waals surface area (Å²) < 4.78 is 6.39. The van der Waals surface area contributed by atoms with E-state index < -0.39 is 0 Å². The molecule has 0 bridgehead atoms. The fourth-order valence-electron chi connectivity index (χ4n) is 3.61. The molecule has 2 aromatic carbocycles. The van der Waals surface area contributed by atoms with E-state index in [0.29, 0.717) is 0 Å². The summed E-state index contributed by atoms with van der Waals surface area (Å²) in [5, 5.41) is 0. The SMILES string of the molecule is CCCCCCCCCc1ccccc1OC(C)N(CC)c1ccccc1. The first-order valence-electron chi connectivity index (χ1n) is 10.8. The van der Waals surface area contributed by atoms with Gasteiger partial charge in [-0.15, -0.1) is 0 Å². The summed E-state index contributed by atoms with van der Waals surface area (Å²) in [7, 11) is 0. The zero-order valence-electron chi connectivity index (χ0n) is 17.5. The number of rotatable bonds is 13. The van der Waals surface area contributed by atoms with Crippen molar-refractivity contribution in [3.05, 3.63) is 60.2 Å². The molecule has 0 spiro atoms. The van der Waals surface area contributed by atoms with Gasteiger partial charge in [0.1, 0.15) is 5.75 Å². The molecule has 0 aromatic heterocycles. The van der Waals surface area contributed by atoms with Gasteiger partial charge < -0.3 is 9.64 Å². The second kappa shape index (κ2) is 12.4. The van der Waals surface area contributed by atoms with Gasteiger partial charge in [0.05, 0.1) is 0 Å². The highest BCUT2D eigenvalue weighted by Crippen LogP contribution is 2.24. The Kier molecular flexibility index (Phi) is 9.83. The van der Waals surface area contributed by atoms with Gasteiger partial charge in [-0.3, -0.25) is 0 Å². The number of benzene rings is 2. The van der Waals surface area contributed by atoms with Crippen LogP contribution in [-0.4, -0.2) is 12.8 Å². The molecule has 0 heterocycles. The van der Waals surface area contributed by atoms with E-state index in [9.17, 15) is 0 Å². The van der Waals surface area contributed by atoms with Gasteiger partial charge in [-0.1, -0.05) is 81.8 Å². The highest BCUT2D eigenvalue weighted by Gasteiger charge is 2.15. The second-order valence-corrected chi connectivity index (χ2v) is 7.32. The fraction of sp³-hybridized carbons (Fsp3) is 0.520. The van der Waals surface area contributed by atoms with Crippen LogP contribution in [0.2, 0.25) is 0 Å². The van der Waals surface area contributed by atoms with Crippen LogP contribution in [0.1, 0.15) is 71.3 Å². The molecule has 0 fully saturated rings. The minimum absolute atomic E-state index is 0.00703. The number of hydrogen-bond donors (Lipinski definition) is 0. The van der Waals surface area contributed by atoms with E-state index in [0.717, 1.165) is 18.7 Å². The minimum atomic E-state index is 0.00703. The highest BCUT2D eigenvalue weighted by atomic mass is 16.5. The van der Waals surface area contributed by atoms with Crippen molar-refractivity contribution in [2.45, 2.75) is 78.4 Å². The zero-order valence-corrected chi connectivity index (χ0v) is 17.5. The third-order valence-corrected chi connectivity index (χ3v) is 5.19. The van der Waals surface area contributed by atoms with Crippen LogP contribution in [0.3, 0.4) is 0 Å². The molecule has 1 unspecified atom stereocenters. The first-order chi connectivity index (χ1) is 13.3. The van der Waals surface area contributed by atoms with Crippen molar-refractivity contribution in [1.29, 1.82) is 0 Å². The predicted molar refractivity (Wildman–Crippen MR) is 118 cm³/mol. The van der Waals surface area contributed by atoms with Crippen molar-refractivity contribution in [2.24, 2.45) is 0 Å². The van der Waals surface area contributed by atoms with Crippen molar-refractivity contribution in [3.63, 3.8) is 0 Å². The Morgan fingerprint density at radius 2 is 1.41 bits per heavy atom. The third kappa shape index (κ3) is 7.28. The Labute approximate surface area is 166 Å². The van der Waals surface area contributed by atoms with Crippen LogP contribution in [0, 0.1) is 0 Å². The molecule has 0 aliphatic rings. The lowest BCUT2D eigenvalue weighted by Crippen LogP contribution is -2.37. The summed E-state index contributed by atoms with van der Waals surface area (Å²) in [6.45, 7) is 7.51. The minimum Gasteiger partial charge on any atom is -0.471 e. The Balaban J connectivity index is 1.88. The lowest BCUT2D eigenvalue weighted by atomic mass is 10.0. The van der Waals surface area contributed by atoms with E-state index in [-0.39, 0.29) is 6.23 Å². The summed E-state index contributed by atoms with van der Waals surface area (Å²) in [5.41, 5.74) is 2.54. The number of unbranched alkanes of at least 4 members (excludes halogenated alkanes) is 6. The fourth-order valence-corrected chi connectivity index (χ4v) is 3.61.